The number of benzene rings is 1. The Hall–Kier alpha value is -2.06. The molecule has 1 fully saturated rings. The van der Waals surface area contributed by atoms with Crippen molar-refractivity contribution < 1.29 is 14.3 Å². The van der Waals surface area contributed by atoms with Crippen LogP contribution in [0.15, 0.2) is 36.7 Å². The summed E-state index contributed by atoms with van der Waals surface area (Å²) in [5.41, 5.74) is 7.36. The minimum absolute atomic E-state index is 0. The number of piperazine rings is 1. The number of aromatic nitrogens is 1. The zero-order chi connectivity index (χ0) is 19.2. The number of hydrogen-bond donors (Lipinski definition) is 2. The lowest BCUT2D eigenvalue weighted by Crippen LogP contribution is -2.45. The molecule has 1 amide bonds. The first kappa shape index (κ1) is 22.2. The molecule has 0 radical (unpaired) electrons. The van der Waals surface area contributed by atoms with Crippen LogP contribution in [-0.2, 0) is 11.3 Å². The zero-order valence-corrected chi connectivity index (χ0v) is 17.1. The molecule has 1 saturated heterocycles. The SMILES string of the molecule is COc1cc(CN2CCNCC2c2ccncc2)cc(Cl)c1OCC(N)=O.Cl. The summed E-state index contributed by atoms with van der Waals surface area (Å²) in [5, 5.41) is 3.83. The molecule has 1 aromatic carbocycles. The molecule has 152 valence electrons. The van der Waals surface area contributed by atoms with Gasteiger partial charge in [-0.2, -0.15) is 0 Å². The van der Waals surface area contributed by atoms with Gasteiger partial charge in [-0.15, -0.1) is 12.4 Å². The Kier molecular flexibility index (Phi) is 8.32. The fraction of sp³-hybridized carbons (Fsp3) is 0.368. The van der Waals surface area contributed by atoms with Crippen LogP contribution in [-0.4, -0.2) is 49.1 Å². The number of nitrogens with one attached hydrogen (secondary N) is 1. The molecule has 7 nitrogen and oxygen atoms in total. The first-order chi connectivity index (χ1) is 13.1. The number of hydrogen-bond acceptors (Lipinski definition) is 6. The third kappa shape index (κ3) is 5.48. The van der Waals surface area contributed by atoms with E-state index in [2.05, 4.69) is 15.2 Å². The summed E-state index contributed by atoms with van der Waals surface area (Å²) >= 11 is 6.37. The van der Waals surface area contributed by atoms with E-state index < -0.39 is 5.91 Å². The minimum Gasteiger partial charge on any atom is -0.493 e. The Morgan fingerprint density at radius 2 is 2.14 bits per heavy atom. The molecule has 2 aromatic rings. The Morgan fingerprint density at radius 3 is 2.82 bits per heavy atom. The van der Waals surface area contributed by atoms with E-state index in [1.165, 1.54) is 12.7 Å². The molecule has 28 heavy (non-hydrogen) atoms. The van der Waals surface area contributed by atoms with Gasteiger partial charge in [-0.1, -0.05) is 11.6 Å². The molecule has 9 heteroatoms. The molecule has 0 saturated carbocycles. The summed E-state index contributed by atoms with van der Waals surface area (Å²) in [6.07, 6.45) is 3.62. The van der Waals surface area contributed by atoms with Crippen LogP contribution in [0.1, 0.15) is 17.2 Å². The Labute approximate surface area is 175 Å². The van der Waals surface area contributed by atoms with Crippen molar-refractivity contribution in [1.29, 1.82) is 0 Å². The van der Waals surface area contributed by atoms with Crippen LogP contribution in [0.3, 0.4) is 0 Å². The van der Waals surface area contributed by atoms with Crippen LogP contribution in [0, 0.1) is 0 Å². The van der Waals surface area contributed by atoms with Crippen LogP contribution in [0.2, 0.25) is 5.02 Å². The van der Waals surface area contributed by atoms with Gasteiger partial charge in [-0.05, 0) is 35.4 Å². The number of carbonyl (C=O) groups is 1. The van der Waals surface area contributed by atoms with Crippen molar-refractivity contribution in [3.63, 3.8) is 0 Å². The molecule has 0 bridgehead atoms. The number of rotatable bonds is 7. The van der Waals surface area contributed by atoms with Gasteiger partial charge < -0.3 is 20.5 Å². The lowest BCUT2D eigenvalue weighted by molar-refractivity contribution is -0.119. The lowest BCUT2D eigenvalue weighted by Gasteiger charge is -2.36. The van der Waals surface area contributed by atoms with Gasteiger partial charge in [0.1, 0.15) is 0 Å². The maximum absolute atomic E-state index is 11.0. The van der Waals surface area contributed by atoms with Gasteiger partial charge in [0, 0.05) is 44.6 Å². The van der Waals surface area contributed by atoms with E-state index in [4.69, 9.17) is 26.8 Å². The summed E-state index contributed by atoms with van der Waals surface area (Å²) < 4.78 is 10.8. The number of ether oxygens (including phenoxy) is 2. The molecule has 0 spiro atoms. The normalized spacial score (nSPS) is 16.9. The first-order valence-corrected chi connectivity index (χ1v) is 9.08. The molecule has 1 atom stereocenters. The van der Waals surface area contributed by atoms with E-state index in [1.54, 1.807) is 0 Å². The van der Waals surface area contributed by atoms with Crippen LogP contribution >= 0.6 is 24.0 Å². The number of methoxy groups -OCH3 is 1. The maximum Gasteiger partial charge on any atom is 0.255 e. The van der Waals surface area contributed by atoms with E-state index in [-0.39, 0.29) is 25.1 Å². The fourth-order valence-electron chi connectivity index (χ4n) is 3.23. The Balaban J connectivity index is 0.00000280. The minimum atomic E-state index is -0.571. The van der Waals surface area contributed by atoms with Crippen molar-refractivity contribution in [2.24, 2.45) is 5.73 Å². The molecular formula is C19H24Cl2N4O3. The van der Waals surface area contributed by atoms with E-state index in [0.29, 0.717) is 23.1 Å². The largest absolute Gasteiger partial charge is 0.493 e. The topological polar surface area (TPSA) is 89.7 Å². The Morgan fingerprint density at radius 1 is 1.39 bits per heavy atom. The molecule has 2 heterocycles. The summed E-state index contributed by atoms with van der Waals surface area (Å²) in [5.74, 6) is 0.236. The maximum atomic E-state index is 11.0. The van der Waals surface area contributed by atoms with Crippen molar-refractivity contribution in [3.05, 3.63) is 52.8 Å². The molecule has 1 aliphatic heterocycles. The van der Waals surface area contributed by atoms with Crippen LogP contribution in [0.4, 0.5) is 0 Å². The number of primary amides is 1. The number of amides is 1. The second-order valence-corrected chi connectivity index (χ2v) is 6.74. The number of nitrogens with zero attached hydrogens (tertiary/aromatic N) is 2. The van der Waals surface area contributed by atoms with Crippen LogP contribution in [0.25, 0.3) is 0 Å². The van der Waals surface area contributed by atoms with E-state index >= 15 is 0 Å². The summed E-state index contributed by atoms with van der Waals surface area (Å²) in [4.78, 5) is 17.5. The van der Waals surface area contributed by atoms with Crippen molar-refractivity contribution in [3.8, 4) is 11.5 Å². The molecule has 0 aliphatic carbocycles. The standard InChI is InChI=1S/C19H23ClN4O3.ClH/c1-26-17-9-13(8-15(20)19(17)27-12-18(21)25)11-24-7-6-23-10-16(24)14-2-4-22-5-3-14;/h2-5,8-9,16,23H,6-7,10-12H2,1H3,(H2,21,25);1H. The molecule has 1 unspecified atom stereocenters. The molecule has 3 N–H and O–H groups in total. The second kappa shape index (κ2) is 10.5. The van der Waals surface area contributed by atoms with Gasteiger partial charge in [-0.3, -0.25) is 14.7 Å². The van der Waals surface area contributed by atoms with E-state index in [1.807, 2.05) is 36.7 Å². The predicted octanol–water partition coefficient (Wildman–Crippen LogP) is 2.18. The van der Waals surface area contributed by atoms with Gasteiger partial charge in [0.15, 0.2) is 18.1 Å². The smallest absolute Gasteiger partial charge is 0.255 e. The van der Waals surface area contributed by atoms with Gasteiger partial charge in [0.25, 0.3) is 5.91 Å². The number of carbonyl (C=O) groups excluding carboxylic acids is 1. The summed E-state index contributed by atoms with van der Waals surface area (Å²) in [6.45, 7) is 3.16. The monoisotopic (exact) mass is 426 g/mol. The van der Waals surface area contributed by atoms with Crippen LogP contribution < -0.4 is 20.5 Å². The Bertz CT molecular complexity index is 792. The third-order valence-electron chi connectivity index (χ3n) is 4.48. The molecule has 3 rings (SSSR count). The fourth-order valence-corrected chi connectivity index (χ4v) is 3.52. The number of halogens is 2. The van der Waals surface area contributed by atoms with Gasteiger partial charge in [-0.25, -0.2) is 0 Å². The number of pyridine rings is 1. The molecule has 1 aliphatic rings. The summed E-state index contributed by atoms with van der Waals surface area (Å²) in [7, 11) is 1.54. The average Bonchev–Trinajstić information content (AvgIpc) is 2.67. The third-order valence-corrected chi connectivity index (χ3v) is 4.76. The predicted molar refractivity (Wildman–Crippen MR) is 110 cm³/mol. The van der Waals surface area contributed by atoms with Crippen molar-refractivity contribution in [1.82, 2.24) is 15.2 Å². The summed E-state index contributed by atoms with van der Waals surface area (Å²) in [6, 6.07) is 8.05. The van der Waals surface area contributed by atoms with Crippen LogP contribution in [0.5, 0.6) is 11.5 Å². The quantitative estimate of drug-likeness (QED) is 0.704. The second-order valence-electron chi connectivity index (χ2n) is 6.33. The van der Waals surface area contributed by atoms with E-state index in [9.17, 15) is 4.79 Å². The zero-order valence-electron chi connectivity index (χ0n) is 15.6. The van der Waals surface area contributed by atoms with Crippen molar-refractivity contribution >= 4 is 29.9 Å². The first-order valence-electron chi connectivity index (χ1n) is 8.70. The highest BCUT2D eigenvalue weighted by Crippen LogP contribution is 2.37. The lowest BCUT2D eigenvalue weighted by atomic mass is 10.0. The molecular weight excluding hydrogens is 403 g/mol. The average molecular weight is 427 g/mol. The van der Waals surface area contributed by atoms with Gasteiger partial charge in [0.2, 0.25) is 0 Å². The highest BCUT2D eigenvalue weighted by atomic mass is 35.5. The van der Waals surface area contributed by atoms with E-state index in [0.717, 1.165) is 25.2 Å². The molecule has 1 aromatic heterocycles. The highest BCUT2D eigenvalue weighted by Gasteiger charge is 2.24. The number of nitrogens with two attached hydrogens (primary N) is 1. The highest BCUT2D eigenvalue weighted by molar-refractivity contribution is 6.32. The van der Waals surface area contributed by atoms with Crippen molar-refractivity contribution in [2.75, 3.05) is 33.4 Å². The van der Waals surface area contributed by atoms with Gasteiger partial charge >= 0.3 is 0 Å². The van der Waals surface area contributed by atoms with Gasteiger partial charge in [0.05, 0.1) is 12.1 Å². The van der Waals surface area contributed by atoms with Crippen molar-refractivity contribution in [2.45, 2.75) is 12.6 Å².